The Bertz CT molecular complexity index is 1330. The number of Topliss-reactive ketones (excluding diaryl/α,β-unsaturated/α-hetero) is 2. The topological polar surface area (TPSA) is 134 Å². The lowest BCUT2D eigenvalue weighted by molar-refractivity contribution is -0.149. The van der Waals surface area contributed by atoms with Crippen LogP contribution in [0, 0.1) is 35.5 Å². The number of aliphatic carboxylic acids is 1. The normalized spacial score (nSPS) is 19.4. The van der Waals surface area contributed by atoms with E-state index in [1.54, 1.807) is 30.9 Å². The van der Waals surface area contributed by atoms with E-state index in [0.717, 1.165) is 18.4 Å². The van der Waals surface area contributed by atoms with E-state index >= 15 is 0 Å². The first kappa shape index (κ1) is 46.0. The number of carbonyl (C=O) groups is 5. The van der Waals surface area contributed by atoms with E-state index in [4.69, 9.17) is 9.47 Å². The van der Waals surface area contributed by atoms with E-state index in [-0.39, 0.29) is 78.9 Å². The third-order valence-corrected chi connectivity index (χ3v) is 11.5. The van der Waals surface area contributed by atoms with Crippen LogP contribution >= 0.6 is 0 Å². The van der Waals surface area contributed by atoms with Crippen molar-refractivity contribution in [2.75, 3.05) is 41.9 Å². The molecule has 0 aromatic heterocycles. The van der Waals surface area contributed by atoms with Crippen molar-refractivity contribution in [2.45, 2.75) is 124 Å². The molecule has 1 aromatic carbocycles. The summed E-state index contributed by atoms with van der Waals surface area (Å²) in [4.78, 5) is 73.1. The third kappa shape index (κ3) is 12.4. The van der Waals surface area contributed by atoms with Gasteiger partial charge in [-0.25, -0.2) is 0 Å². The van der Waals surface area contributed by atoms with Crippen molar-refractivity contribution in [3.05, 3.63) is 35.9 Å². The van der Waals surface area contributed by atoms with Crippen molar-refractivity contribution in [3.8, 4) is 0 Å². The summed E-state index contributed by atoms with van der Waals surface area (Å²) in [5, 5.41) is 9.94. The summed E-state index contributed by atoms with van der Waals surface area (Å²) in [6.07, 6.45) is 1.17. The van der Waals surface area contributed by atoms with Crippen LogP contribution in [0.5, 0.6) is 0 Å². The van der Waals surface area contributed by atoms with Crippen molar-refractivity contribution >= 4 is 29.4 Å². The van der Waals surface area contributed by atoms with Crippen molar-refractivity contribution in [1.82, 2.24) is 14.7 Å². The van der Waals surface area contributed by atoms with Gasteiger partial charge in [-0.15, -0.1) is 0 Å². The van der Waals surface area contributed by atoms with Crippen molar-refractivity contribution in [2.24, 2.45) is 35.5 Å². The Morgan fingerprint density at radius 3 is 1.98 bits per heavy atom. The van der Waals surface area contributed by atoms with Crippen LogP contribution in [0.1, 0.15) is 92.6 Å². The molecule has 1 aliphatic heterocycles. The zero-order valence-electron chi connectivity index (χ0n) is 34.5. The van der Waals surface area contributed by atoms with Gasteiger partial charge in [0, 0.05) is 52.5 Å². The number of carboxylic acid groups (broad SMARTS) is 1. The number of likely N-dealkylation sites (tertiary alicyclic amines) is 1. The number of likely N-dealkylation sites (N-methyl/N-ethyl adjacent to an activating group) is 2. The highest BCUT2D eigenvalue weighted by atomic mass is 16.5. The van der Waals surface area contributed by atoms with Gasteiger partial charge in [-0.3, -0.25) is 28.9 Å². The quantitative estimate of drug-likeness (QED) is 0.152. The first-order valence-corrected chi connectivity index (χ1v) is 19.5. The second kappa shape index (κ2) is 21.7. The maximum Gasteiger partial charge on any atom is 0.307 e. The molecule has 1 saturated heterocycles. The standard InChI is InChI=1S/C42H69N3O8/c1-13-28(6)39(44(10)41(49)32(26(2)3)24-35(47)38(27(4)5)43(8)9)36(52-11)25-37(48)45-21-17-20-33(45)40(53-12)29(7)34(46)23-31(42(50)51)22-30-18-15-14-16-19-30/h14-16,18-19,26-29,31-33,36,38-40H,13,17,20-25H2,1-12H3,(H,50,51)/t28-,29?,31+,32-,33?,36?,38?,39?,40?/m0/s1. The average Bonchev–Trinajstić information content (AvgIpc) is 3.59. The van der Waals surface area contributed by atoms with Crippen LogP contribution in [0.3, 0.4) is 0 Å². The fourth-order valence-electron chi connectivity index (χ4n) is 8.38. The highest BCUT2D eigenvalue weighted by Crippen LogP contribution is 2.32. The molecule has 1 aromatic rings. The number of methoxy groups -OCH3 is 2. The molecule has 0 radical (unpaired) electrons. The first-order valence-electron chi connectivity index (χ1n) is 19.5. The lowest BCUT2D eigenvalue weighted by Gasteiger charge is -2.41. The van der Waals surface area contributed by atoms with E-state index in [0.29, 0.717) is 13.0 Å². The zero-order valence-corrected chi connectivity index (χ0v) is 34.5. The molecule has 9 atom stereocenters. The Morgan fingerprint density at radius 1 is 0.868 bits per heavy atom. The summed E-state index contributed by atoms with van der Waals surface area (Å²) in [6, 6.07) is 8.18. The number of carboxylic acids is 1. The van der Waals surface area contributed by atoms with Crippen LogP contribution in [0.2, 0.25) is 0 Å². The molecule has 2 rings (SSSR count). The van der Waals surface area contributed by atoms with Gasteiger partial charge < -0.3 is 24.4 Å². The SMILES string of the molecule is CC[C@H](C)C(C(CC(=O)N1CCCC1C(OC)C(C)C(=O)C[C@@H](Cc1ccccc1)C(=O)O)OC)N(C)C(=O)[C@@H](CC(=O)C(C(C)C)N(C)C)C(C)C. The van der Waals surface area contributed by atoms with Crippen molar-refractivity contribution < 1.29 is 38.6 Å². The van der Waals surface area contributed by atoms with Crippen molar-refractivity contribution in [1.29, 1.82) is 0 Å². The molecule has 6 unspecified atom stereocenters. The van der Waals surface area contributed by atoms with E-state index in [1.807, 2.05) is 83.9 Å². The lowest BCUT2D eigenvalue weighted by atomic mass is 9.83. The van der Waals surface area contributed by atoms with Gasteiger partial charge in [-0.2, -0.15) is 0 Å². The molecule has 53 heavy (non-hydrogen) atoms. The Morgan fingerprint density at radius 2 is 1.49 bits per heavy atom. The molecule has 0 bridgehead atoms. The molecule has 11 nitrogen and oxygen atoms in total. The predicted molar refractivity (Wildman–Crippen MR) is 207 cm³/mol. The largest absolute Gasteiger partial charge is 0.481 e. The Hall–Kier alpha value is -3.15. The first-order chi connectivity index (χ1) is 24.9. The summed E-state index contributed by atoms with van der Waals surface area (Å²) in [7, 11) is 8.63. The number of carbonyl (C=O) groups excluding carboxylic acids is 4. The Balaban J connectivity index is 2.27. The number of benzene rings is 1. The molecule has 2 amide bonds. The molecule has 11 heteroatoms. The minimum atomic E-state index is -1.02. The second-order valence-corrected chi connectivity index (χ2v) is 16.2. The van der Waals surface area contributed by atoms with E-state index in [1.165, 1.54) is 7.11 Å². The number of amides is 2. The summed E-state index contributed by atoms with van der Waals surface area (Å²) in [6.45, 7) is 14.3. The zero-order chi connectivity index (χ0) is 40.2. The van der Waals surface area contributed by atoms with Crippen LogP contribution in [0.25, 0.3) is 0 Å². The van der Waals surface area contributed by atoms with Gasteiger partial charge in [0.15, 0.2) is 5.78 Å². The van der Waals surface area contributed by atoms with Gasteiger partial charge in [0.25, 0.3) is 0 Å². The molecular formula is C42H69N3O8. The molecule has 1 fully saturated rings. The van der Waals surface area contributed by atoms with Crippen molar-refractivity contribution in [3.63, 3.8) is 0 Å². The molecule has 0 spiro atoms. The summed E-state index contributed by atoms with van der Waals surface area (Å²) < 4.78 is 11.9. The number of hydrogen-bond donors (Lipinski definition) is 1. The van der Waals surface area contributed by atoms with Gasteiger partial charge in [0.05, 0.1) is 42.7 Å². The van der Waals surface area contributed by atoms with E-state index < -0.39 is 42.0 Å². The number of hydrogen-bond acceptors (Lipinski definition) is 8. The third-order valence-electron chi connectivity index (χ3n) is 11.5. The monoisotopic (exact) mass is 744 g/mol. The molecule has 1 aliphatic rings. The number of ketones is 2. The molecule has 0 saturated carbocycles. The number of rotatable bonds is 23. The number of nitrogens with zero attached hydrogens (tertiary/aromatic N) is 3. The molecule has 0 aliphatic carbocycles. The lowest BCUT2D eigenvalue weighted by Crippen LogP contribution is -2.54. The van der Waals surface area contributed by atoms with Gasteiger partial charge in [-0.05, 0) is 56.7 Å². The second-order valence-electron chi connectivity index (χ2n) is 16.2. The highest BCUT2D eigenvalue weighted by molar-refractivity contribution is 5.90. The fourth-order valence-corrected chi connectivity index (χ4v) is 8.38. The summed E-state index contributed by atoms with van der Waals surface area (Å²) in [5.74, 6) is -3.49. The van der Waals surface area contributed by atoms with E-state index in [9.17, 15) is 29.1 Å². The van der Waals surface area contributed by atoms with Crippen LogP contribution in [-0.2, 0) is 39.9 Å². The number of ether oxygens (including phenoxy) is 2. The summed E-state index contributed by atoms with van der Waals surface area (Å²) in [5.41, 5.74) is 0.851. The van der Waals surface area contributed by atoms with Gasteiger partial charge in [0.2, 0.25) is 11.8 Å². The summed E-state index contributed by atoms with van der Waals surface area (Å²) >= 11 is 0. The Kier molecular flexibility index (Phi) is 18.8. The minimum Gasteiger partial charge on any atom is -0.481 e. The average molecular weight is 744 g/mol. The Labute approximate surface area is 319 Å². The van der Waals surface area contributed by atoms with Gasteiger partial charge in [-0.1, -0.05) is 85.2 Å². The van der Waals surface area contributed by atoms with Gasteiger partial charge in [0.1, 0.15) is 5.78 Å². The maximum absolute atomic E-state index is 14.3. The fraction of sp³-hybridized carbons (Fsp3) is 0.738. The molecule has 1 heterocycles. The molecule has 1 N–H and O–H groups in total. The molecule has 300 valence electrons. The van der Waals surface area contributed by atoms with E-state index in [2.05, 4.69) is 6.92 Å². The maximum atomic E-state index is 14.3. The van der Waals surface area contributed by atoms with Crippen LogP contribution in [0.15, 0.2) is 30.3 Å². The van der Waals surface area contributed by atoms with Crippen LogP contribution < -0.4 is 0 Å². The smallest absolute Gasteiger partial charge is 0.307 e. The minimum absolute atomic E-state index is 0.00721. The molecular weight excluding hydrogens is 674 g/mol. The predicted octanol–water partition coefficient (Wildman–Crippen LogP) is 5.63. The van der Waals surface area contributed by atoms with Crippen LogP contribution in [0.4, 0.5) is 0 Å². The van der Waals surface area contributed by atoms with Crippen LogP contribution in [-0.4, -0.2) is 121 Å². The van der Waals surface area contributed by atoms with Gasteiger partial charge >= 0.3 is 5.97 Å². The highest BCUT2D eigenvalue weighted by Gasteiger charge is 2.43.